The van der Waals surface area contributed by atoms with Crippen LogP contribution in [0.2, 0.25) is 0 Å². The molecule has 4 rings (SSSR count). The van der Waals surface area contributed by atoms with Crippen LogP contribution in [0, 0.1) is 6.92 Å². The molecule has 0 aliphatic carbocycles. The first-order valence-electron chi connectivity index (χ1n) is 10.7. The number of hydrogen-bond donors (Lipinski definition) is 0. The number of nitrogens with zero attached hydrogens (tertiary/aromatic N) is 1. The van der Waals surface area contributed by atoms with E-state index in [4.69, 9.17) is 14.5 Å². The predicted molar refractivity (Wildman–Crippen MR) is 127 cm³/mol. The SMILES string of the molecule is Cc1c(/C=C/CCOCc2ccccc2)nc2ccccc2c1OCc1ccccc1. The summed E-state index contributed by atoms with van der Waals surface area (Å²) < 4.78 is 12.0. The van der Waals surface area contributed by atoms with Crippen LogP contribution >= 0.6 is 0 Å². The van der Waals surface area contributed by atoms with Gasteiger partial charge in [-0.1, -0.05) is 78.9 Å². The summed E-state index contributed by atoms with van der Waals surface area (Å²) in [7, 11) is 0. The number of para-hydroxylation sites is 1. The third-order valence-corrected chi connectivity index (χ3v) is 5.16. The van der Waals surface area contributed by atoms with Gasteiger partial charge < -0.3 is 9.47 Å². The van der Waals surface area contributed by atoms with E-state index in [1.165, 1.54) is 5.56 Å². The van der Waals surface area contributed by atoms with Gasteiger partial charge in [0.1, 0.15) is 12.4 Å². The lowest BCUT2D eigenvalue weighted by molar-refractivity contribution is 0.125. The molecule has 0 spiro atoms. The van der Waals surface area contributed by atoms with Crippen molar-refractivity contribution in [2.45, 2.75) is 26.6 Å². The van der Waals surface area contributed by atoms with Crippen molar-refractivity contribution in [1.29, 1.82) is 0 Å². The second-order valence-corrected chi connectivity index (χ2v) is 7.47. The van der Waals surface area contributed by atoms with Crippen molar-refractivity contribution in [1.82, 2.24) is 4.98 Å². The highest BCUT2D eigenvalue weighted by Gasteiger charge is 2.11. The van der Waals surface area contributed by atoms with E-state index in [0.717, 1.165) is 39.9 Å². The quantitative estimate of drug-likeness (QED) is 0.287. The number of fused-ring (bicyclic) bond motifs is 1. The zero-order valence-corrected chi connectivity index (χ0v) is 17.8. The minimum atomic E-state index is 0.534. The maximum absolute atomic E-state index is 6.27. The highest BCUT2D eigenvalue weighted by molar-refractivity contribution is 5.88. The number of ether oxygens (including phenoxy) is 2. The van der Waals surface area contributed by atoms with E-state index < -0.39 is 0 Å². The van der Waals surface area contributed by atoms with Crippen LogP contribution in [0.4, 0.5) is 0 Å². The minimum absolute atomic E-state index is 0.534. The van der Waals surface area contributed by atoms with E-state index in [1.807, 2.05) is 54.6 Å². The fraction of sp³-hybridized carbons (Fsp3) is 0.179. The first-order valence-corrected chi connectivity index (χ1v) is 10.7. The van der Waals surface area contributed by atoms with Crippen molar-refractivity contribution in [3.63, 3.8) is 0 Å². The zero-order chi connectivity index (χ0) is 21.3. The van der Waals surface area contributed by atoms with Gasteiger partial charge in [-0.15, -0.1) is 0 Å². The highest BCUT2D eigenvalue weighted by atomic mass is 16.5. The molecule has 3 nitrogen and oxygen atoms in total. The molecule has 0 aliphatic heterocycles. The monoisotopic (exact) mass is 409 g/mol. The molecule has 0 aliphatic rings. The average Bonchev–Trinajstić information content (AvgIpc) is 2.82. The molecule has 0 fully saturated rings. The van der Waals surface area contributed by atoms with Gasteiger partial charge in [-0.2, -0.15) is 0 Å². The molecule has 4 aromatic rings. The third-order valence-electron chi connectivity index (χ3n) is 5.16. The first-order chi connectivity index (χ1) is 15.3. The Morgan fingerprint density at radius 3 is 2.16 bits per heavy atom. The van der Waals surface area contributed by atoms with Gasteiger partial charge in [-0.3, -0.25) is 0 Å². The van der Waals surface area contributed by atoms with Gasteiger partial charge in [0.15, 0.2) is 0 Å². The Morgan fingerprint density at radius 1 is 0.774 bits per heavy atom. The zero-order valence-electron chi connectivity index (χ0n) is 17.8. The summed E-state index contributed by atoms with van der Waals surface area (Å²) >= 11 is 0. The van der Waals surface area contributed by atoms with Gasteiger partial charge in [0.25, 0.3) is 0 Å². The normalized spacial score (nSPS) is 11.3. The molecule has 156 valence electrons. The predicted octanol–water partition coefficient (Wildman–Crippen LogP) is 6.74. The van der Waals surface area contributed by atoms with Crippen LogP contribution in [0.1, 0.15) is 28.8 Å². The number of aromatic nitrogens is 1. The molecule has 0 saturated carbocycles. The molecule has 0 bridgehead atoms. The molecule has 0 amide bonds. The topological polar surface area (TPSA) is 31.4 Å². The van der Waals surface area contributed by atoms with Crippen LogP contribution in [0.15, 0.2) is 91.0 Å². The maximum Gasteiger partial charge on any atom is 0.134 e. The summed E-state index contributed by atoms with van der Waals surface area (Å²) in [5.74, 6) is 0.898. The second-order valence-electron chi connectivity index (χ2n) is 7.47. The summed E-state index contributed by atoms with van der Waals surface area (Å²) in [5.41, 5.74) is 5.27. The first kappa shape index (κ1) is 20.8. The number of benzene rings is 3. The number of pyridine rings is 1. The summed E-state index contributed by atoms with van der Waals surface area (Å²) in [6, 6.07) is 28.6. The smallest absolute Gasteiger partial charge is 0.134 e. The number of rotatable bonds is 9. The molecule has 1 heterocycles. The molecule has 0 N–H and O–H groups in total. The molecule has 31 heavy (non-hydrogen) atoms. The fourth-order valence-corrected chi connectivity index (χ4v) is 3.48. The second kappa shape index (κ2) is 10.6. The van der Waals surface area contributed by atoms with Crippen LogP contribution in [0.5, 0.6) is 5.75 Å². The Kier molecular flexibility index (Phi) is 7.09. The van der Waals surface area contributed by atoms with Crippen molar-refractivity contribution in [3.8, 4) is 5.75 Å². The Hall–Kier alpha value is -3.43. The van der Waals surface area contributed by atoms with Crippen molar-refractivity contribution in [2.75, 3.05) is 6.61 Å². The molecule has 1 aromatic heterocycles. The highest BCUT2D eigenvalue weighted by Crippen LogP contribution is 2.31. The standard InChI is InChI=1S/C28H27NO2/c1-22-26(17-10-11-19-30-20-23-12-4-2-5-13-23)29-27-18-9-8-16-25(27)28(22)31-21-24-14-6-3-7-15-24/h2-10,12-18H,11,19-21H2,1H3/b17-10+. The van der Waals surface area contributed by atoms with E-state index in [2.05, 4.69) is 49.4 Å². The summed E-state index contributed by atoms with van der Waals surface area (Å²) in [6.07, 6.45) is 5.03. The summed E-state index contributed by atoms with van der Waals surface area (Å²) in [6.45, 7) is 3.92. The molecule has 3 aromatic carbocycles. The van der Waals surface area contributed by atoms with Gasteiger partial charge in [0.2, 0.25) is 0 Å². The molecule has 3 heteroatoms. The molecule has 0 atom stereocenters. The molecular formula is C28H27NO2. The summed E-state index contributed by atoms with van der Waals surface area (Å²) in [4.78, 5) is 4.85. The third kappa shape index (κ3) is 5.59. The van der Waals surface area contributed by atoms with Gasteiger partial charge in [0, 0.05) is 10.9 Å². The molecule has 0 unspecified atom stereocenters. The Labute approximate surface area is 184 Å². The molecular weight excluding hydrogens is 382 g/mol. The van der Waals surface area contributed by atoms with E-state index >= 15 is 0 Å². The van der Waals surface area contributed by atoms with Gasteiger partial charge >= 0.3 is 0 Å². The van der Waals surface area contributed by atoms with Crippen LogP contribution in [0.3, 0.4) is 0 Å². The van der Waals surface area contributed by atoms with Crippen LogP contribution in [-0.2, 0) is 18.0 Å². The van der Waals surface area contributed by atoms with Crippen molar-refractivity contribution in [3.05, 3.63) is 113 Å². The molecule has 0 radical (unpaired) electrons. The number of hydrogen-bond acceptors (Lipinski definition) is 3. The lowest BCUT2D eigenvalue weighted by Crippen LogP contribution is -2.01. The van der Waals surface area contributed by atoms with E-state index in [1.54, 1.807) is 0 Å². The van der Waals surface area contributed by atoms with E-state index in [-0.39, 0.29) is 0 Å². The maximum atomic E-state index is 6.27. The van der Waals surface area contributed by atoms with Crippen LogP contribution in [0.25, 0.3) is 17.0 Å². The van der Waals surface area contributed by atoms with Crippen molar-refractivity contribution in [2.24, 2.45) is 0 Å². The fourth-order valence-electron chi connectivity index (χ4n) is 3.48. The van der Waals surface area contributed by atoms with Crippen LogP contribution < -0.4 is 4.74 Å². The Morgan fingerprint density at radius 2 is 1.42 bits per heavy atom. The van der Waals surface area contributed by atoms with E-state index in [0.29, 0.717) is 19.8 Å². The van der Waals surface area contributed by atoms with Gasteiger partial charge in [0.05, 0.1) is 24.4 Å². The minimum Gasteiger partial charge on any atom is -0.488 e. The van der Waals surface area contributed by atoms with Crippen LogP contribution in [-0.4, -0.2) is 11.6 Å². The summed E-state index contributed by atoms with van der Waals surface area (Å²) in [5, 5.41) is 1.04. The lowest BCUT2D eigenvalue weighted by Gasteiger charge is -2.14. The van der Waals surface area contributed by atoms with Gasteiger partial charge in [-0.05, 0) is 42.7 Å². The van der Waals surface area contributed by atoms with E-state index in [9.17, 15) is 0 Å². The van der Waals surface area contributed by atoms with Crippen molar-refractivity contribution < 1.29 is 9.47 Å². The molecule has 0 saturated heterocycles. The Balaban J connectivity index is 1.44. The van der Waals surface area contributed by atoms with Crippen molar-refractivity contribution >= 4 is 17.0 Å². The average molecular weight is 410 g/mol. The Bertz CT molecular complexity index is 1140. The lowest BCUT2D eigenvalue weighted by atomic mass is 10.1. The van der Waals surface area contributed by atoms with Gasteiger partial charge in [-0.25, -0.2) is 4.98 Å². The largest absolute Gasteiger partial charge is 0.488 e.